The molecule has 0 fully saturated rings. The average Bonchev–Trinajstić information content (AvgIpc) is 2.46. The minimum atomic E-state index is 0.145. The Morgan fingerprint density at radius 1 is 1.05 bits per heavy atom. The van der Waals surface area contributed by atoms with Crippen molar-refractivity contribution in [1.29, 1.82) is 0 Å². The van der Waals surface area contributed by atoms with Gasteiger partial charge in [-0.3, -0.25) is 0 Å². The summed E-state index contributed by atoms with van der Waals surface area (Å²) < 4.78 is 5.53. The predicted octanol–water partition coefficient (Wildman–Crippen LogP) is 3.49. The lowest BCUT2D eigenvalue weighted by Crippen LogP contribution is -2.06. The van der Waals surface area contributed by atoms with Crippen LogP contribution < -0.4 is 15.4 Å². The van der Waals surface area contributed by atoms with Gasteiger partial charge in [-0.05, 0) is 49.2 Å². The Morgan fingerprint density at radius 3 is 2.43 bits per heavy atom. The monoisotopic (exact) mass is 307 g/mol. The Balaban J connectivity index is 2.07. The lowest BCUT2D eigenvalue weighted by atomic mass is 10.3. The number of halogens is 1. The maximum Gasteiger partial charge on any atom is 0.233 e. The fourth-order valence-electron chi connectivity index (χ4n) is 1.63. The first kappa shape index (κ1) is 15.3. The quantitative estimate of drug-likeness (QED) is 0.816. The van der Waals surface area contributed by atoms with Gasteiger partial charge in [-0.1, -0.05) is 6.92 Å². The first-order chi connectivity index (χ1) is 10.2. The van der Waals surface area contributed by atoms with Crippen molar-refractivity contribution in [3.8, 4) is 5.75 Å². The van der Waals surface area contributed by atoms with Crippen LogP contribution in [-0.4, -0.2) is 28.1 Å². The van der Waals surface area contributed by atoms with Crippen molar-refractivity contribution in [1.82, 2.24) is 15.0 Å². The zero-order valence-electron chi connectivity index (χ0n) is 12.1. The lowest BCUT2D eigenvalue weighted by Gasteiger charge is -2.08. The number of hydrogen-bond acceptors (Lipinski definition) is 6. The molecule has 7 heteroatoms. The summed E-state index contributed by atoms with van der Waals surface area (Å²) in [5, 5.41) is 6.23. The molecule has 0 radical (unpaired) electrons. The van der Waals surface area contributed by atoms with E-state index in [1.165, 1.54) is 0 Å². The third-order valence-electron chi connectivity index (χ3n) is 2.53. The van der Waals surface area contributed by atoms with E-state index in [2.05, 4.69) is 32.5 Å². The highest BCUT2D eigenvalue weighted by molar-refractivity contribution is 6.28. The zero-order chi connectivity index (χ0) is 15.1. The van der Waals surface area contributed by atoms with Crippen LogP contribution in [-0.2, 0) is 0 Å². The van der Waals surface area contributed by atoms with Gasteiger partial charge < -0.3 is 15.4 Å². The van der Waals surface area contributed by atoms with Gasteiger partial charge in [0.2, 0.25) is 17.2 Å². The summed E-state index contributed by atoms with van der Waals surface area (Å²) in [6.07, 6.45) is 0.983. The number of aromatic nitrogens is 3. The number of nitrogens with zero attached hydrogens (tertiary/aromatic N) is 3. The highest BCUT2D eigenvalue weighted by Crippen LogP contribution is 2.19. The Kier molecular flexibility index (Phi) is 5.57. The second-order valence-corrected chi connectivity index (χ2v) is 4.62. The zero-order valence-corrected chi connectivity index (χ0v) is 12.8. The highest BCUT2D eigenvalue weighted by atomic mass is 35.5. The summed E-state index contributed by atoms with van der Waals surface area (Å²) in [5.74, 6) is 1.68. The molecule has 0 saturated heterocycles. The molecule has 2 rings (SSSR count). The molecule has 0 bridgehead atoms. The standard InChI is InChI=1S/C14H18ClN5O/c1-3-9-21-11-7-5-10(6-8-11)17-14-19-12(15)18-13(20-14)16-4-2/h5-8H,3-4,9H2,1-2H3,(H2,16,17,18,19,20). The Labute approximate surface area is 128 Å². The van der Waals surface area contributed by atoms with Crippen LogP contribution in [0.25, 0.3) is 0 Å². The second kappa shape index (κ2) is 7.64. The van der Waals surface area contributed by atoms with Gasteiger partial charge in [0.05, 0.1) is 6.61 Å². The number of hydrogen-bond donors (Lipinski definition) is 2. The molecule has 0 unspecified atom stereocenters. The van der Waals surface area contributed by atoms with E-state index in [4.69, 9.17) is 16.3 Å². The van der Waals surface area contributed by atoms with Crippen LogP contribution in [0.1, 0.15) is 20.3 Å². The molecule has 0 aliphatic heterocycles. The summed E-state index contributed by atoms with van der Waals surface area (Å²) >= 11 is 5.87. The van der Waals surface area contributed by atoms with E-state index >= 15 is 0 Å². The van der Waals surface area contributed by atoms with Crippen LogP contribution in [0.3, 0.4) is 0 Å². The Bertz CT molecular complexity index is 576. The van der Waals surface area contributed by atoms with Gasteiger partial charge in [-0.25, -0.2) is 0 Å². The van der Waals surface area contributed by atoms with Crippen molar-refractivity contribution in [2.45, 2.75) is 20.3 Å². The number of benzene rings is 1. The summed E-state index contributed by atoms with van der Waals surface area (Å²) in [4.78, 5) is 12.3. The highest BCUT2D eigenvalue weighted by Gasteiger charge is 2.05. The number of anilines is 3. The molecule has 112 valence electrons. The molecule has 0 aliphatic rings. The summed E-state index contributed by atoms with van der Waals surface area (Å²) in [6, 6.07) is 7.59. The van der Waals surface area contributed by atoms with Gasteiger partial charge in [0.1, 0.15) is 5.75 Å². The van der Waals surface area contributed by atoms with Crippen molar-refractivity contribution in [3.63, 3.8) is 0 Å². The SMILES string of the molecule is CCCOc1ccc(Nc2nc(Cl)nc(NCC)n2)cc1. The second-order valence-electron chi connectivity index (χ2n) is 4.28. The van der Waals surface area contributed by atoms with Crippen molar-refractivity contribution >= 4 is 29.2 Å². The van der Waals surface area contributed by atoms with E-state index in [1.54, 1.807) is 0 Å². The maximum absolute atomic E-state index is 5.87. The van der Waals surface area contributed by atoms with Gasteiger partial charge in [-0.2, -0.15) is 15.0 Å². The molecule has 0 atom stereocenters. The molecule has 2 aromatic rings. The normalized spacial score (nSPS) is 10.2. The van der Waals surface area contributed by atoms with Crippen LogP contribution >= 0.6 is 11.6 Å². The van der Waals surface area contributed by atoms with Crippen LogP contribution in [0.4, 0.5) is 17.6 Å². The summed E-state index contributed by atoms with van der Waals surface area (Å²) in [6.45, 7) is 5.45. The van der Waals surface area contributed by atoms with Crippen molar-refractivity contribution in [2.24, 2.45) is 0 Å². The minimum absolute atomic E-state index is 0.145. The minimum Gasteiger partial charge on any atom is -0.494 e. The fraction of sp³-hybridized carbons (Fsp3) is 0.357. The number of nitrogens with one attached hydrogen (secondary N) is 2. The van der Waals surface area contributed by atoms with Crippen molar-refractivity contribution in [3.05, 3.63) is 29.5 Å². The molecular formula is C14H18ClN5O. The van der Waals surface area contributed by atoms with E-state index in [-0.39, 0.29) is 5.28 Å². The molecule has 1 aromatic heterocycles. The van der Waals surface area contributed by atoms with Crippen LogP contribution in [0, 0.1) is 0 Å². The van der Waals surface area contributed by atoms with Gasteiger partial charge in [0.25, 0.3) is 0 Å². The fourth-order valence-corrected chi connectivity index (χ4v) is 1.79. The van der Waals surface area contributed by atoms with E-state index < -0.39 is 0 Å². The molecule has 1 heterocycles. The predicted molar refractivity (Wildman–Crippen MR) is 84.5 cm³/mol. The number of ether oxygens (including phenoxy) is 1. The molecular weight excluding hydrogens is 290 g/mol. The molecule has 6 nitrogen and oxygen atoms in total. The summed E-state index contributed by atoms with van der Waals surface area (Å²) in [5.41, 5.74) is 0.851. The van der Waals surface area contributed by atoms with E-state index in [0.717, 1.165) is 17.9 Å². The van der Waals surface area contributed by atoms with E-state index in [1.807, 2.05) is 31.2 Å². The van der Waals surface area contributed by atoms with Crippen LogP contribution in [0.5, 0.6) is 5.75 Å². The first-order valence-electron chi connectivity index (χ1n) is 6.86. The molecule has 0 amide bonds. The first-order valence-corrected chi connectivity index (χ1v) is 7.24. The van der Waals surface area contributed by atoms with E-state index in [9.17, 15) is 0 Å². The van der Waals surface area contributed by atoms with Crippen molar-refractivity contribution in [2.75, 3.05) is 23.8 Å². The van der Waals surface area contributed by atoms with E-state index in [0.29, 0.717) is 25.0 Å². The molecule has 21 heavy (non-hydrogen) atoms. The van der Waals surface area contributed by atoms with Crippen LogP contribution in [0.2, 0.25) is 5.28 Å². The van der Waals surface area contributed by atoms with Gasteiger partial charge >= 0.3 is 0 Å². The van der Waals surface area contributed by atoms with Gasteiger partial charge in [-0.15, -0.1) is 0 Å². The molecule has 0 spiro atoms. The third-order valence-corrected chi connectivity index (χ3v) is 2.70. The van der Waals surface area contributed by atoms with Crippen LogP contribution in [0.15, 0.2) is 24.3 Å². The molecule has 0 saturated carbocycles. The maximum atomic E-state index is 5.87. The third kappa shape index (κ3) is 4.75. The van der Waals surface area contributed by atoms with Gasteiger partial charge in [0.15, 0.2) is 0 Å². The van der Waals surface area contributed by atoms with Crippen molar-refractivity contribution < 1.29 is 4.74 Å². The molecule has 0 aliphatic carbocycles. The average molecular weight is 308 g/mol. The topological polar surface area (TPSA) is 72.0 Å². The summed E-state index contributed by atoms with van der Waals surface area (Å²) in [7, 11) is 0. The smallest absolute Gasteiger partial charge is 0.233 e. The molecule has 2 N–H and O–H groups in total. The Hall–Kier alpha value is -2.08. The Morgan fingerprint density at radius 2 is 1.76 bits per heavy atom. The molecule has 1 aromatic carbocycles. The largest absolute Gasteiger partial charge is 0.494 e. The van der Waals surface area contributed by atoms with Gasteiger partial charge in [0, 0.05) is 12.2 Å². The number of rotatable bonds is 7. The lowest BCUT2D eigenvalue weighted by molar-refractivity contribution is 0.317.